The summed E-state index contributed by atoms with van der Waals surface area (Å²) in [7, 11) is 0. The molecule has 6 nitrogen and oxygen atoms in total. The van der Waals surface area contributed by atoms with Crippen molar-refractivity contribution < 1.29 is 24.5 Å². The minimum atomic E-state index is -0.988. The topological polar surface area (TPSA) is 95.9 Å². The Hall–Kier alpha value is -2.86. The van der Waals surface area contributed by atoms with E-state index < -0.39 is 24.1 Å². The average molecular weight is 367 g/mol. The molecule has 0 heterocycles. The van der Waals surface area contributed by atoms with Crippen molar-refractivity contribution in [2.24, 2.45) is 5.92 Å². The maximum atomic E-state index is 12.2. The van der Waals surface area contributed by atoms with E-state index in [2.05, 4.69) is 17.4 Å². The number of ether oxygens (including phenoxy) is 1. The van der Waals surface area contributed by atoms with E-state index in [0.29, 0.717) is 6.42 Å². The third-order valence-electron chi connectivity index (χ3n) is 5.56. The van der Waals surface area contributed by atoms with Crippen LogP contribution >= 0.6 is 0 Å². The number of rotatable bonds is 5. The fraction of sp³-hybridized carbons (Fsp3) is 0.333. The van der Waals surface area contributed by atoms with Gasteiger partial charge in [0.15, 0.2) is 0 Å². The van der Waals surface area contributed by atoms with E-state index in [0.717, 1.165) is 22.3 Å². The number of hydrogen-bond acceptors (Lipinski definition) is 4. The van der Waals surface area contributed by atoms with Gasteiger partial charge in [0.25, 0.3) is 0 Å². The predicted octanol–water partition coefficient (Wildman–Crippen LogP) is 2.75. The first-order chi connectivity index (χ1) is 13.0. The van der Waals surface area contributed by atoms with E-state index in [4.69, 9.17) is 9.84 Å². The number of aliphatic hydroxyl groups excluding tert-OH is 1. The van der Waals surface area contributed by atoms with Crippen LogP contribution in [0.3, 0.4) is 0 Å². The third kappa shape index (κ3) is 3.28. The second kappa shape index (κ2) is 7.04. The van der Waals surface area contributed by atoms with Gasteiger partial charge in [-0.3, -0.25) is 4.79 Å². The van der Waals surface area contributed by atoms with E-state index in [1.165, 1.54) is 0 Å². The lowest BCUT2D eigenvalue weighted by molar-refractivity contribution is -0.142. The number of benzene rings is 2. The van der Waals surface area contributed by atoms with Gasteiger partial charge < -0.3 is 20.3 Å². The summed E-state index contributed by atoms with van der Waals surface area (Å²) in [5.41, 5.74) is 4.58. The lowest BCUT2D eigenvalue weighted by Gasteiger charge is -2.40. The van der Waals surface area contributed by atoms with E-state index in [9.17, 15) is 14.7 Å². The highest BCUT2D eigenvalue weighted by Crippen LogP contribution is 2.44. The number of carbonyl (C=O) groups excluding carboxylic acids is 1. The molecule has 2 aliphatic carbocycles. The molecule has 2 aromatic rings. The predicted molar refractivity (Wildman–Crippen MR) is 98.4 cm³/mol. The third-order valence-corrected chi connectivity index (χ3v) is 5.56. The maximum absolute atomic E-state index is 12.2. The van der Waals surface area contributed by atoms with Gasteiger partial charge in [0, 0.05) is 17.9 Å². The van der Waals surface area contributed by atoms with Crippen LogP contribution in [0, 0.1) is 5.92 Å². The second-order valence-corrected chi connectivity index (χ2v) is 7.14. The van der Waals surface area contributed by atoms with Crippen molar-refractivity contribution in [1.29, 1.82) is 0 Å². The lowest BCUT2D eigenvalue weighted by atomic mass is 9.74. The fourth-order valence-electron chi connectivity index (χ4n) is 4.12. The van der Waals surface area contributed by atoms with Crippen LogP contribution in [0.25, 0.3) is 11.1 Å². The van der Waals surface area contributed by atoms with Crippen molar-refractivity contribution in [1.82, 2.24) is 5.32 Å². The molecular weight excluding hydrogens is 346 g/mol. The maximum Gasteiger partial charge on any atom is 0.407 e. The summed E-state index contributed by atoms with van der Waals surface area (Å²) < 4.78 is 5.46. The number of alkyl carbamates (subject to hydrolysis) is 1. The van der Waals surface area contributed by atoms with Crippen LogP contribution in [-0.2, 0) is 9.53 Å². The molecule has 1 amide bonds. The molecule has 0 bridgehead atoms. The molecule has 0 aliphatic heterocycles. The zero-order valence-electron chi connectivity index (χ0n) is 14.7. The Bertz CT molecular complexity index is 835. The number of carboxylic acids is 1. The van der Waals surface area contributed by atoms with Gasteiger partial charge in [0.05, 0.1) is 12.5 Å². The highest BCUT2D eigenvalue weighted by molar-refractivity contribution is 5.79. The quantitative estimate of drug-likeness (QED) is 0.755. The highest BCUT2D eigenvalue weighted by Gasteiger charge is 2.42. The fourth-order valence-corrected chi connectivity index (χ4v) is 4.12. The van der Waals surface area contributed by atoms with Crippen molar-refractivity contribution >= 4 is 12.1 Å². The number of carboxylic acid groups (broad SMARTS) is 1. The first-order valence-electron chi connectivity index (χ1n) is 9.06. The number of fused-ring (bicyclic) bond motifs is 3. The first kappa shape index (κ1) is 17.5. The Kier molecular flexibility index (Phi) is 4.58. The number of hydrogen-bond donors (Lipinski definition) is 3. The van der Waals surface area contributed by atoms with Crippen LogP contribution in [0.1, 0.15) is 29.9 Å². The lowest BCUT2D eigenvalue weighted by Crippen LogP contribution is -2.56. The molecular formula is C21H21NO5. The summed E-state index contributed by atoms with van der Waals surface area (Å²) in [5, 5.41) is 21.3. The van der Waals surface area contributed by atoms with Crippen LogP contribution in [0.5, 0.6) is 0 Å². The molecule has 0 radical (unpaired) electrons. The number of carbonyl (C=O) groups is 2. The van der Waals surface area contributed by atoms with Gasteiger partial charge in [-0.05, 0) is 28.7 Å². The zero-order chi connectivity index (χ0) is 19.0. The van der Waals surface area contributed by atoms with Gasteiger partial charge in [-0.15, -0.1) is 0 Å². The summed E-state index contributed by atoms with van der Waals surface area (Å²) in [5.74, 6) is -1.48. The zero-order valence-corrected chi connectivity index (χ0v) is 14.7. The van der Waals surface area contributed by atoms with Gasteiger partial charge in [0.1, 0.15) is 6.61 Å². The van der Waals surface area contributed by atoms with E-state index in [1.807, 2.05) is 36.4 Å². The molecule has 2 aromatic carbocycles. The largest absolute Gasteiger partial charge is 0.481 e. The normalized spacial score (nSPS) is 23.1. The Morgan fingerprint density at radius 1 is 1.04 bits per heavy atom. The van der Waals surface area contributed by atoms with Gasteiger partial charge in [-0.25, -0.2) is 4.79 Å². The Morgan fingerprint density at radius 3 is 2.19 bits per heavy atom. The van der Waals surface area contributed by atoms with Crippen LogP contribution in [0.15, 0.2) is 48.5 Å². The molecule has 0 unspecified atom stereocenters. The summed E-state index contributed by atoms with van der Waals surface area (Å²) in [4.78, 5) is 23.1. The molecule has 27 heavy (non-hydrogen) atoms. The molecule has 0 aromatic heterocycles. The van der Waals surface area contributed by atoms with Crippen molar-refractivity contribution in [2.45, 2.75) is 30.9 Å². The highest BCUT2D eigenvalue weighted by atomic mass is 16.5. The van der Waals surface area contributed by atoms with Crippen LogP contribution in [-0.4, -0.2) is 41.0 Å². The summed E-state index contributed by atoms with van der Waals surface area (Å²) in [6, 6.07) is 15.8. The number of aliphatic hydroxyl groups is 1. The van der Waals surface area contributed by atoms with Crippen molar-refractivity contribution in [2.75, 3.05) is 6.61 Å². The monoisotopic (exact) mass is 367 g/mol. The standard InChI is InChI=1S/C21H21NO5/c23-19-10-18(16(19)9-20(24)25)22-21(26)27-11-17-14-7-3-1-5-12(14)13-6-2-4-8-15(13)17/h1-8,16-19,23H,9-11H2,(H,22,26)(H,24,25)/t16-,18+,19-/m1/s1. The molecule has 0 saturated heterocycles. The minimum Gasteiger partial charge on any atom is -0.481 e. The summed E-state index contributed by atoms with van der Waals surface area (Å²) in [6.07, 6.45) is -1.10. The summed E-state index contributed by atoms with van der Waals surface area (Å²) in [6.45, 7) is 0.207. The van der Waals surface area contributed by atoms with Crippen molar-refractivity contribution in [3.8, 4) is 11.1 Å². The molecule has 0 spiro atoms. The summed E-state index contributed by atoms with van der Waals surface area (Å²) >= 11 is 0. The molecule has 3 N–H and O–H groups in total. The van der Waals surface area contributed by atoms with E-state index >= 15 is 0 Å². The molecule has 1 fully saturated rings. The van der Waals surface area contributed by atoms with Crippen molar-refractivity contribution in [3.05, 3.63) is 59.7 Å². The smallest absolute Gasteiger partial charge is 0.407 e. The molecule has 6 heteroatoms. The number of aliphatic carboxylic acids is 1. The van der Waals surface area contributed by atoms with Gasteiger partial charge in [-0.2, -0.15) is 0 Å². The van der Waals surface area contributed by atoms with Crippen LogP contribution in [0.2, 0.25) is 0 Å². The molecule has 140 valence electrons. The SMILES string of the molecule is O=C(O)C[C@H]1[C@H](O)C[C@@H]1NC(=O)OCC1c2ccccc2-c2ccccc21. The van der Waals surface area contributed by atoms with E-state index in [-0.39, 0.29) is 25.0 Å². The number of nitrogens with one attached hydrogen (secondary N) is 1. The van der Waals surface area contributed by atoms with E-state index in [1.54, 1.807) is 0 Å². The minimum absolute atomic E-state index is 0.0232. The van der Waals surface area contributed by atoms with Crippen LogP contribution in [0.4, 0.5) is 4.79 Å². The molecule has 1 saturated carbocycles. The Balaban J connectivity index is 1.40. The molecule has 3 atom stereocenters. The Labute approximate surface area is 156 Å². The van der Waals surface area contributed by atoms with Gasteiger partial charge in [0.2, 0.25) is 0 Å². The van der Waals surface area contributed by atoms with Crippen molar-refractivity contribution in [3.63, 3.8) is 0 Å². The number of amides is 1. The second-order valence-electron chi connectivity index (χ2n) is 7.14. The molecule has 4 rings (SSSR count). The Morgan fingerprint density at radius 2 is 1.63 bits per heavy atom. The van der Waals surface area contributed by atoms with Gasteiger partial charge >= 0.3 is 12.1 Å². The van der Waals surface area contributed by atoms with Gasteiger partial charge in [-0.1, -0.05) is 48.5 Å². The van der Waals surface area contributed by atoms with Crippen LogP contribution < -0.4 is 5.32 Å². The average Bonchev–Trinajstić information content (AvgIpc) is 2.98. The first-order valence-corrected chi connectivity index (χ1v) is 9.06. The molecule has 2 aliphatic rings.